The number of ether oxygens (including phenoxy) is 2. The Morgan fingerprint density at radius 2 is 2.35 bits per heavy atom. The largest absolute Gasteiger partial charge is 0.458 e. The summed E-state index contributed by atoms with van der Waals surface area (Å²) >= 11 is 0. The molecule has 3 fully saturated rings. The molecule has 0 spiro atoms. The third-order valence-electron chi connectivity index (χ3n) is 4.11. The maximum absolute atomic E-state index is 11.6. The van der Waals surface area contributed by atoms with Crippen LogP contribution in [0.3, 0.4) is 0 Å². The van der Waals surface area contributed by atoms with Crippen LogP contribution in [0.25, 0.3) is 0 Å². The molecule has 0 aromatic heterocycles. The number of fused-ring (bicyclic) bond motifs is 1. The second-order valence-electron chi connectivity index (χ2n) is 4.75. The van der Waals surface area contributed by atoms with Gasteiger partial charge in [-0.15, -0.1) is 0 Å². The summed E-state index contributed by atoms with van der Waals surface area (Å²) in [5.41, 5.74) is 0. The van der Waals surface area contributed by atoms with Crippen LogP contribution in [0.2, 0.25) is 0 Å². The van der Waals surface area contributed by atoms with Crippen LogP contribution in [0.15, 0.2) is 12.7 Å². The Kier molecular flexibility index (Phi) is 2.02. The average Bonchev–Trinajstić information content (AvgIpc) is 2.91. The molecule has 0 amide bonds. The number of esters is 2. The van der Waals surface area contributed by atoms with Crippen LogP contribution in [-0.4, -0.2) is 24.1 Å². The Labute approximate surface area is 98.0 Å². The van der Waals surface area contributed by atoms with Gasteiger partial charge >= 0.3 is 11.9 Å². The summed E-state index contributed by atoms with van der Waals surface area (Å²) in [4.78, 5) is 22.9. The molecule has 3 rings (SSSR count). The Morgan fingerprint density at radius 1 is 1.59 bits per heavy atom. The number of hydrogen-bond donors (Lipinski definition) is 0. The van der Waals surface area contributed by atoms with Crippen molar-refractivity contribution in [3.63, 3.8) is 0 Å². The van der Waals surface area contributed by atoms with E-state index < -0.39 is 12.1 Å². The standard InChI is InChI=1S/C12H11NO4/c1-2-8(14)16-10-5-3-6-9(7(5)4-13)12(15)17-11(6)10/h2,5-7,9-11H,1,3H2. The molecule has 0 radical (unpaired) electrons. The van der Waals surface area contributed by atoms with Crippen molar-refractivity contribution in [2.45, 2.75) is 18.6 Å². The molecule has 5 nitrogen and oxygen atoms in total. The van der Waals surface area contributed by atoms with E-state index in [-0.39, 0.29) is 35.7 Å². The van der Waals surface area contributed by atoms with Crippen LogP contribution in [0.5, 0.6) is 0 Å². The van der Waals surface area contributed by atoms with Crippen molar-refractivity contribution in [1.82, 2.24) is 0 Å². The molecule has 6 unspecified atom stereocenters. The highest BCUT2D eigenvalue weighted by Crippen LogP contribution is 2.58. The summed E-state index contributed by atoms with van der Waals surface area (Å²) in [6.45, 7) is 3.33. The van der Waals surface area contributed by atoms with Crippen LogP contribution in [0.4, 0.5) is 0 Å². The first-order valence-electron chi connectivity index (χ1n) is 5.60. The van der Waals surface area contributed by atoms with Crippen molar-refractivity contribution < 1.29 is 19.1 Å². The fourth-order valence-corrected chi connectivity index (χ4v) is 3.51. The van der Waals surface area contributed by atoms with E-state index in [1.165, 1.54) is 0 Å². The van der Waals surface area contributed by atoms with E-state index in [4.69, 9.17) is 14.7 Å². The van der Waals surface area contributed by atoms with Gasteiger partial charge in [-0.1, -0.05) is 6.58 Å². The topological polar surface area (TPSA) is 76.4 Å². The molecule has 1 saturated heterocycles. The van der Waals surface area contributed by atoms with Crippen molar-refractivity contribution in [2.24, 2.45) is 23.7 Å². The Balaban J connectivity index is 1.90. The number of rotatable bonds is 2. The van der Waals surface area contributed by atoms with Crippen molar-refractivity contribution in [1.29, 1.82) is 5.26 Å². The SMILES string of the molecule is C=CC(=O)OC1C2CC3C1OC(=O)C3C2C#N. The molecule has 2 saturated carbocycles. The lowest BCUT2D eigenvalue weighted by Crippen LogP contribution is -2.39. The zero-order valence-corrected chi connectivity index (χ0v) is 9.04. The predicted molar refractivity (Wildman–Crippen MR) is 54.1 cm³/mol. The van der Waals surface area contributed by atoms with Crippen molar-refractivity contribution in [2.75, 3.05) is 0 Å². The van der Waals surface area contributed by atoms with Crippen LogP contribution in [-0.2, 0) is 19.1 Å². The van der Waals surface area contributed by atoms with Gasteiger partial charge in [-0.25, -0.2) is 4.79 Å². The van der Waals surface area contributed by atoms with Crippen molar-refractivity contribution in [3.8, 4) is 6.07 Å². The van der Waals surface area contributed by atoms with E-state index in [1.54, 1.807) is 0 Å². The molecule has 2 bridgehead atoms. The predicted octanol–water partition coefficient (Wildman–Crippen LogP) is 0.415. The minimum absolute atomic E-state index is 0.0414. The van der Waals surface area contributed by atoms with E-state index in [9.17, 15) is 9.59 Å². The number of carbonyl (C=O) groups excluding carboxylic acids is 2. The Hall–Kier alpha value is -1.83. The van der Waals surface area contributed by atoms with Crippen LogP contribution < -0.4 is 0 Å². The first-order valence-corrected chi connectivity index (χ1v) is 5.60. The van der Waals surface area contributed by atoms with E-state index in [0.717, 1.165) is 12.5 Å². The molecule has 6 atom stereocenters. The lowest BCUT2D eigenvalue weighted by molar-refractivity contribution is -0.157. The van der Waals surface area contributed by atoms with Crippen LogP contribution in [0, 0.1) is 35.0 Å². The molecule has 3 aliphatic rings. The molecule has 0 aromatic carbocycles. The lowest BCUT2D eigenvalue weighted by Gasteiger charge is -2.27. The number of carbonyl (C=O) groups is 2. The molecule has 5 heteroatoms. The van der Waals surface area contributed by atoms with E-state index >= 15 is 0 Å². The average molecular weight is 233 g/mol. The molecular weight excluding hydrogens is 222 g/mol. The van der Waals surface area contributed by atoms with Gasteiger partial charge in [0.05, 0.1) is 17.9 Å². The highest BCUT2D eigenvalue weighted by molar-refractivity contribution is 5.82. The van der Waals surface area contributed by atoms with Gasteiger partial charge in [-0.3, -0.25) is 4.79 Å². The molecule has 1 aliphatic heterocycles. The number of nitrogens with zero attached hydrogens (tertiary/aromatic N) is 1. The minimum atomic E-state index is -0.529. The number of hydrogen-bond acceptors (Lipinski definition) is 5. The first-order chi connectivity index (χ1) is 8.17. The molecule has 0 N–H and O–H groups in total. The van der Waals surface area contributed by atoms with Gasteiger partial charge in [0, 0.05) is 17.9 Å². The maximum atomic E-state index is 11.6. The summed E-state index contributed by atoms with van der Waals surface area (Å²) < 4.78 is 10.4. The van der Waals surface area contributed by atoms with Gasteiger partial charge < -0.3 is 9.47 Å². The second-order valence-corrected chi connectivity index (χ2v) is 4.75. The monoisotopic (exact) mass is 233 g/mol. The Bertz CT molecular complexity index is 452. The smallest absolute Gasteiger partial charge is 0.330 e. The van der Waals surface area contributed by atoms with Crippen molar-refractivity contribution >= 4 is 11.9 Å². The zero-order chi connectivity index (χ0) is 12.2. The van der Waals surface area contributed by atoms with Gasteiger partial charge in [-0.2, -0.15) is 5.26 Å². The van der Waals surface area contributed by atoms with Gasteiger partial charge in [0.1, 0.15) is 12.2 Å². The molecule has 88 valence electrons. The van der Waals surface area contributed by atoms with Gasteiger partial charge in [0.15, 0.2) is 0 Å². The normalized spacial score (nSPS) is 45.2. The van der Waals surface area contributed by atoms with Gasteiger partial charge in [0.2, 0.25) is 0 Å². The quantitative estimate of drug-likeness (QED) is 0.510. The first kappa shape index (κ1) is 10.3. The summed E-state index contributed by atoms with van der Waals surface area (Å²) in [5.74, 6) is -1.57. The second kappa shape index (κ2) is 3.33. The summed E-state index contributed by atoms with van der Waals surface area (Å²) in [6, 6.07) is 2.16. The molecule has 0 aromatic rings. The van der Waals surface area contributed by atoms with Gasteiger partial charge in [0.25, 0.3) is 0 Å². The molecule has 17 heavy (non-hydrogen) atoms. The summed E-state index contributed by atoms with van der Waals surface area (Å²) in [5, 5.41) is 9.12. The minimum Gasteiger partial charge on any atom is -0.458 e. The fraction of sp³-hybridized carbons (Fsp3) is 0.583. The third-order valence-corrected chi connectivity index (χ3v) is 4.11. The summed E-state index contributed by atoms with van der Waals surface area (Å²) in [7, 11) is 0. The van der Waals surface area contributed by atoms with Gasteiger partial charge in [-0.05, 0) is 6.42 Å². The lowest BCUT2D eigenvalue weighted by atomic mass is 9.79. The third kappa shape index (κ3) is 1.18. The van der Waals surface area contributed by atoms with Crippen molar-refractivity contribution in [3.05, 3.63) is 12.7 Å². The maximum Gasteiger partial charge on any atom is 0.330 e. The summed E-state index contributed by atoms with van der Waals surface area (Å²) in [6.07, 6.45) is 0.986. The van der Waals surface area contributed by atoms with Crippen LogP contribution >= 0.6 is 0 Å². The van der Waals surface area contributed by atoms with E-state index in [0.29, 0.717) is 0 Å². The fourth-order valence-electron chi connectivity index (χ4n) is 3.51. The highest BCUT2D eigenvalue weighted by atomic mass is 16.6. The van der Waals surface area contributed by atoms with Crippen LogP contribution in [0.1, 0.15) is 6.42 Å². The zero-order valence-electron chi connectivity index (χ0n) is 9.04. The van der Waals surface area contributed by atoms with E-state index in [2.05, 4.69) is 12.6 Å². The Morgan fingerprint density at radius 3 is 3.00 bits per heavy atom. The van der Waals surface area contributed by atoms with E-state index in [1.807, 2.05) is 0 Å². The molecule has 2 aliphatic carbocycles. The molecule has 1 heterocycles. The molecular formula is C12H11NO4. The highest BCUT2D eigenvalue weighted by Gasteiger charge is 2.68. The number of nitriles is 1.